The van der Waals surface area contributed by atoms with Gasteiger partial charge >= 0.3 is 12.0 Å². The van der Waals surface area contributed by atoms with Gasteiger partial charge in [-0.3, -0.25) is 0 Å². The molecule has 0 atom stereocenters. The van der Waals surface area contributed by atoms with Crippen LogP contribution >= 0.6 is 11.6 Å². The van der Waals surface area contributed by atoms with E-state index in [4.69, 9.17) is 21.8 Å². The second kappa shape index (κ2) is 7.72. The number of aliphatic hydroxyl groups is 1. The summed E-state index contributed by atoms with van der Waals surface area (Å²) in [5, 5.41) is 20.5. The zero-order valence-electron chi connectivity index (χ0n) is 11.1. The van der Waals surface area contributed by atoms with Gasteiger partial charge in [-0.25, -0.2) is 9.59 Å². The van der Waals surface area contributed by atoms with Crippen LogP contribution in [0.5, 0.6) is 0 Å². The molecule has 0 saturated carbocycles. The quantitative estimate of drug-likeness (QED) is 0.752. The molecule has 0 aliphatic carbocycles. The summed E-state index contributed by atoms with van der Waals surface area (Å²) < 4.78 is 0. The number of rotatable bonds is 6. The standard InChI is InChI=1S/C13H17ClN2O4/c1-2-16(6-3-7-17)13(20)15-11-8-9(12(18)19)4-5-10(11)14/h4-5,8,17H,2-3,6-7H2,1H3,(H,15,20)(H,18,19). The lowest BCUT2D eigenvalue weighted by Gasteiger charge is -2.21. The number of carbonyl (C=O) groups is 2. The first-order valence-electron chi connectivity index (χ1n) is 6.19. The number of amides is 2. The second-order valence-corrected chi connectivity index (χ2v) is 4.49. The van der Waals surface area contributed by atoms with Crippen molar-refractivity contribution in [3.05, 3.63) is 28.8 Å². The Labute approximate surface area is 122 Å². The SMILES string of the molecule is CCN(CCCO)C(=O)Nc1cc(C(=O)O)ccc1Cl. The Hall–Kier alpha value is -1.79. The summed E-state index contributed by atoms with van der Waals surface area (Å²) in [7, 11) is 0. The molecule has 0 aromatic heterocycles. The van der Waals surface area contributed by atoms with E-state index in [0.29, 0.717) is 19.5 Å². The molecule has 0 spiro atoms. The van der Waals surface area contributed by atoms with Gasteiger partial charge in [0, 0.05) is 19.7 Å². The van der Waals surface area contributed by atoms with E-state index in [1.165, 1.54) is 23.1 Å². The lowest BCUT2D eigenvalue weighted by molar-refractivity contribution is 0.0697. The van der Waals surface area contributed by atoms with E-state index in [0.717, 1.165) is 0 Å². The largest absolute Gasteiger partial charge is 0.478 e. The summed E-state index contributed by atoms with van der Waals surface area (Å²) in [5.41, 5.74) is 0.294. The van der Waals surface area contributed by atoms with Gasteiger partial charge in [0.15, 0.2) is 0 Å². The fraction of sp³-hybridized carbons (Fsp3) is 0.385. The number of hydrogen-bond donors (Lipinski definition) is 3. The van der Waals surface area contributed by atoms with Gasteiger partial charge < -0.3 is 20.4 Å². The highest BCUT2D eigenvalue weighted by molar-refractivity contribution is 6.33. The maximum Gasteiger partial charge on any atom is 0.335 e. The maximum atomic E-state index is 12.0. The number of urea groups is 1. The molecule has 1 rings (SSSR count). The van der Waals surface area contributed by atoms with E-state index in [1.807, 2.05) is 6.92 Å². The summed E-state index contributed by atoms with van der Waals surface area (Å²) in [5.74, 6) is -1.09. The molecule has 0 bridgehead atoms. The highest BCUT2D eigenvalue weighted by Gasteiger charge is 2.14. The lowest BCUT2D eigenvalue weighted by atomic mass is 10.2. The van der Waals surface area contributed by atoms with Crippen molar-refractivity contribution in [2.24, 2.45) is 0 Å². The molecule has 7 heteroatoms. The number of halogens is 1. The van der Waals surface area contributed by atoms with Crippen LogP contribution in [0.15, 0.2) is 18.2 Å². The van der Waals surface area contributed by atoms with Crippen LogP contribution in [0.25, 0.3) is 0 Å². The van der Waals surface area contributed by atoms with E-state index in [-0.39, 0.29) is 28.9 Å². The van der Waals surface area contributed by atoms with Gasteiger partial charge in [-0.2, -0.15) is 0 Å². The Balaban J connectivity index is 2.83. The minimum Gasteiger partial charge on any atom is -0.478 e. The van der Waals surface area contributed by atoms with Crippen LogP contribution < -0.4 is 5.32 Å². The number of carbonyl (C=O) groups excluding carboxylic acids is 1. The van der Waals surface area contributed by atoms with Crippen LogP contribution in [0.2, 0.25) is 5.02 Å². The number of anilines is 1. The van der Waals surface area contributed by atoms with Crippen LogP contribution in [0.3, 0.4) is 0 Å². The average molecular weight is 301 g/mol. The second-order valence-electron chi connectivity index (χ2n) is 4.09. The van der Waals surface area contributed by atoms with Gasteiger partial charge in [0.2, 0.25) is 0 Å². The molecule has 6 nitrogen and oxygen atoms in total. The number of aliphatic hydroxyl groups excluding tert-OH is 1. The number of nitrogens with one attached hydrogen (secondary N) is 1. The first-order chi connectivity index (χ1) is 9.49. The molecule has 0 fully saturated rings. The van der Waals surface area contributed by atoms with E-state index < -0.39 is 5.97 Å². The minimum atomic E-state index is -1.09. The van der Waals surface area contributed by atoms with Crippen LogP contribution in [0.1, 0.15) is 23.7 Å². The molecular formula is C13H17ClN2O4. The summed E-state index contributed by atoms with van der Waals surface area (Å²) in [6.45, 7) is 2.70. The molecule has 0 radical (unpaired) electrons. The summed E-state index contributed by atoms with van der Waals surface area (Å²) in [6, 6.07) is 3.71. The first kappa shape index (κ1) is 16.3. The smallest absolute Gasteiger partial charge is 0.335 e. The van der Waals surface area contributed by atoms with Crippen molar-refractivity contribution >= 4 is 29.3 Å². The normalized spacial score (nSPS) is 10.2. The highest BCUT2D eigenvalue weighted by atomic mass is 35.5. The lowest BCUT2D eigenvalue weighted by Crippen LogP contribution is -2.36. The van der Waals surface area contributed by atoms with Crippen LogP contribution in [-0.2, 0) is 0 Å². The van der Waals surface area contributed by atoms with Crippen molar-refractivity contribution in [1.29, 1.82) is 0 Å². The van der Waals surface area contributed by atoms with Gasteiger partial charge in [0.1, 0.15) is 0 Å². The van der Waals surface area contributed by atoms with E-state index >= 15 is 0 Å². The van der Waals surface area contributed by atoms with Crippen molar-refractivity contribution in [1.82, 2.24) is 4.90 Å². The molecular weight excluding hydrogens is 284 g/mol. The molecule has 110 valence electrons. The third-order valence-corrected chi connectivity index (χ3v) is 3.04. The third kappa shape index (κ3) is 4.40. The molecule has 2 amide bonds. The number of carboxylic acid groups (broad SMARTS) is 1. The summed E-state index contributed by atoms with van der Waals surface area (Å²) in [6.07, 6.45) is 0.476. The van der Waals surface area contributed by atoms with Gasteiger partial charge in [-0.15, -0.1) is 0 Å². The fourth-order valence-electron chi connectivity index (χ4n) is 1.61. The van der Waals surface area contributed by atoms with Gasteiger partial charge in [-0.1, -0.05) is 11.6 Å². The Kier molecular flexibility index (Phi) is 6.27. The van der Waals surface area contributed by atoms with Crippen molar-refractivity contribution in [3.8, 4) is 0 Å². The summed E-state index contributed by atoms with van der Waals surface area (Å²) in [4.78, 5) is 24.4. The predicted octanol–water partition coefficient (Wildman–Crippen LogP) is 2.27. The van der Waals surface area contributed by atoms with E-state index in [9.17, 15) is 9.59 Å². The molecule has 1 aromatic rings. The van der Waals surface area contributed by atoms with Crippen molar-refractivity contribution in [2.45, 2.75) is 13.3 Å². The van der Waals surface area contributed by atoms with Gasteiger partial charge in [-0.05, 0) is 31.5 Å². The van der Waals surface area contributed by atoms with Crippen molar-refractivity contribution < 1.29 is 19.8 Å². The first-order valence-corrected chi connectivity index (χ1v) is 6.57. The molecule has 1 aromatic carbocycles. The number of aromatic carboxylic acids is 1. The molecule has 20 heavy (non-hydrogen) atoms. The highest BCUT2D eigenvalue weighted by Crippen LogP contribution is 2.23. The number of hydrogen-bond acceptors (Lipinski definition) is 3. The van der Waals surface area contributed by atoms with Gasteiger partial charge in [0.25, 0.3) is 0 Å². The van der Waals surface area contributed by atoms with Gasteiger partial charge in [0.05, 0.1) is 16.3 Å². The average Bonchev–Trinajstić information content (AvgIpc) is 2.41. The summed E-state index contributed by atoms with van der Waals surface area (Å²) >= 11 is 5.93. The number of carboxylic acids is 1. The Morgan fingerprint density at radius 3 is 2.65 bits per heavy atom. The van der Waals surface area contributed by atoms with E-state index in [1.54, 1.807) is 0 Å². The Morgan fingerprint density at radius 2 is 2.10 bits per heavy atom. The van der Waals surface area contributed by atoms with E-state index in [2.05, 4.69) is 5.32 Å². The zero-order chi connectivity index (χ0) is 15.1. The maximum absolute atomic E-state index is 12.0. The molecule has 0 unspecified atom stereocenters. The minimum absolute atomic E-state index is 0.000957. The molecule has 0 heterocycles. The van der Waals surface area contributed by atoms with Crippen LogP contribution in [0.4, 0.5) is 10.5 Å². The predicted molar refractivity (Wildman–Crippen MR) is 76.4 cm³/mol. The van der Waals surface area contributed by atoms with Crippen LogP contribution in [0, 0.1) is 0 Å². The molecule has 3 N–H and O–H groups in total. The number of benzene rings is 1. The van der Waals surface area contributed by atoms with Crippen molar-refractivity contribution in [2.75, 3.05) is 25.0 Å². The zero-order valence-corrected chi connectivity index (χ0v) is 11.9. The van der Waals surface area contributed by atoms with Crippen LogP contribution in [-0.4, -0.2) is 46.8 Å². The topological polar surface area (TPSA) is 89.9 Å². The molecule has 0 saturated heterocycles. The monoisotopic (exact) mass is 300 g/mol. The Bertz CT molecular complexity index is 493. The third-order valence-electron chi connectivity index (χ3n) is 2.71. The number of nitrogens with zero attached hydrogens (tertiary/aromatic N) is 1. The molecule has 0 aliphatic rings. The fourth-order valence-corrected chi connectivity index (χ4v) is 1.78. The van der Waals surface area contributed by atoms with Crippen molar-refractivity contribution in [3.63, 3.8) is 0 Å². The molecule has 0 aliphatic heterocycles. The Morgan fingerprint density at radius 1 is 1.40 bits per heavy atom.